The Morgan fingerprint density at radius 2 is 1.16 bits per heavy atom. The average molecular weight is 720 g/mol. The second-order valence-electron chi connectivity index (χ2n) is 14.1. The van der Waals surface area contributed by atoms with Crippen LogP contribution in [0.15, 0.2) is 180 Å². The van der Waals surface area contributed by atoms with E-state index in [1.165, 1.54) is 53.2 Å². The second-order valence-corrected chi connectivity index (χ2v) is 15.2. The van der Waals surface area contributed by atoms with Crippen LogP contribution in [0.5, 0.6) is 0 Å². The van der Waals surface area contributed by atoms with Gasteiger partial charge in [-0.25, -0.2) is 9.97 Å². The fourth-order valence-corrected chi connectivity index (χ4v) is 9.62. The molecule has 55 heavy (non-hydrogen) atoms. The minimum Gasteiger partial charge on any atom is -0.456 e. The maximum Gasteiger partial charge on any atom is 0.161 e. The van der Waals surface area contributed by atoms with Gasteiger partial charge in [0.05, 0.1) is 22.2 Å². The lowest BCUT2D eigenvalue weighted by Gasteiger charge is -2.10. The maximum atomic E-state index is 6.46. The highest BCUT2D eigenvalue weighted by Crippen LogP contribution is 2.42. The Labute approximate surface area is 319 Å². The largest absolute Gasteiger partial charge is 0.456 e. The zero-order valence-electron chi connectivity index (χ0n) is 29.4. The number of fused-ring (bicyclic) bond motifs is 10. The fraction of sp³-hybridized carbons (Fsp3) is 0. The summed E-state index contributed by atoms with van der Waals surface area (Å²) in [6, 6.07) is 62.5. The predicted octanol–water partition coefficient (Wildman–Crippen LogP) is 14.0. The first-order valence-electron chi connectivity index (χ1n) is 18.5. The standard InChI is InChI=1S/C50H29N3OS/c1-2-11-30(12-3-1)49-37-15-4-7-17-41(37)51-50(52-49)38-16-10-20-45-48(38)40-27-31(22-25-44(40)54-45)32-21-24-36-39-29-33(23-26-46(39)55-47(36)28-32)53-42-18-8-5-13-34(42)35-14-6-9-19-43(35)53/h1-29H. The van der Waals surface area contributed by atoms with Crippen LogP contribution >= 0.6 is 11.3 Å². The van der Waals surface area contributed by atoms with Crippen molar-refractivity contribution in [1.29, 1.82) is 0 Å². The summed E-state index contributed by atoms with van der Waals surface area (Å²) in [5.74, 6) is 0.684. The first-order chi connectivity index (χ1) is 27.2. The SMILES string of the molecule is c1ccc(-c2nc(-c3cccc4oc5ccc(-c6ccc7c(c6)sc6ccc(-n8c9ccccc9c9ccccc98)cc67)cc5c34)nc3ccccc23)cc1. The van der Waals surface area contributed by atoms with Gasteiger partial charge < -0.3 is 8.98 Å². The number of benzene rings is 8. The average Bonchev–Trinajstić information content (AvgIpc) is 3.92. The molecule has 4 aromatic heterocycles. The maximum absolute atomic E-state index is 6.46. The molecule has 256 valence electrons. The van der Waals surface area contributed by atoms with Crippen molar-refractivity contribution in [3.8, 4) is 39.5 Å². The van der Waals surface area contributed by atoms with Crippen molar-refractivity contribution in [2.45, 2.75) is 0 Å². The Balaban J connectivity index is 0.992. The van der Waals surface area contributed by atoms with Gasteiger partial charge in [-0.3, -0.25) is 0 Å². The monoisotopic (exact) mass is 719 g/mol. The quantitative estimate of drug-likeness (QED) is 0.182. The molecular weight excluding hydrogens is 691 g/mol. The number of rotatable bonds is 4. The third-order valence-corrected chi connectivity index (χ3v) is 12.1. The summed E-state index contributed by atoms with van der Waals surface area (Å²) in [6.45, 7) is 0. The molecule has 0 amide bonds. The predicted molar refractivity (Wildman–Crippen MR) is 230 cm³/mol. The summed E-state index contributed by atoms with van der Waals surface area (Å²) >= 11 is 1.85. The van der Waals surface area contributed by atoms with Crippen molar-refractivity contribution in [1.82, 2.24) is 14.5 Å². The van der Waals surface area contributed by atoms with Crippen LogP contribution in [0.4, 0.5) is 0 Å². The number of thiophene rings is 1. The molecule has 0 saturated heterocycles. The molecule has 0 aliphatic carbocycles. The molecule has 0 spiro atoms. The van der Waals surface area contributed by atoms with E-state index in [4.69, 9.17) is 14.4 Å². The molecule has 0 N–H and O–H groups in total. The van der Waals surface area contributed by atoms with Crippen LogP contribution < -0.4 is 0 Å². The molecule has 0 saturated carbocycles. The zero-order valence-corrected chi connectivity index (χ0v) is 30.2. The van der Waals surface area contributed by atoms with Gasteiger partial charge in [0.15, 0.2) is 5.82 Å². The van der Waals surface area contributed by atoms with Crippen LogP contribution in [0.2, 0.25) is 0 Å². The molecule has 0 unspecified atom stereocenters. The fourth-order valence-electron chi connectivity index (χ4n) is 8.49. The van der Waals surface area contributed by atoms with E-state index in [2.05, 4.69) is 150 Å². The van der Waals surface area contributed by atoms with Crippen LogP contribution in [0, 0.1) is 0 Å². The first kappa shape index (κ1) is 30.4. The van der Waals surface area contributed by atoms with Crippen molar-refractivity contribution in [3.05, 3.63) is 176 Å². The third-order valence-electron chi connectivity index (χ3n) is 11.0. The number of para-hydroxylation sites is 3. The molecule has 12 rings (SSSR count). The summed E-state index contributed by atoms with van der Waals surface area (Å²) in [4.78, 5) is 10.3. The van der Waals surface area contributed by atoms with Crippen molar-refractivity contribution < 1.29 is 4.42 Å². The molecule has 0 radical (unpaired) electrons. The minimum absolute atomic E-state index is 0.684. The highest BCUT2D eigenvalue weighted by Gasteiger charge is 2.19. The normalized spacial score (nSPS) is 12.0. The first-order valence-corrected chi connectivity index (χ1v) is 19.3. The molecule has 12 aromatic rings. The lowest BCUT2D eigenvalue weighted by Crippen LogP contribution is -1.95. The summed E-state index contributed by atoms with van der Waals surface area (Å²) < 4.78 is 11.4. The van der Waals surface area contributed by atoms with Crippen molar-refractivity contribution in [2.75, 3.05) is 0 Å². The summed E-state index contributed by atoms with van der Waals surface area (Å²) in [5, 5.41) is 8.19. The molecule has 0 fully saturated rings. The van der Waals surface area contributed by atoms with Gasteiger partial charge in [0, 0.05) is 63.9 Å². The van der Waals surface area contributed by atoms with Crippen LogP contribution in [0.3, 0.4) is 0 Å². The molecule has 0 aliphatic rings. The van der Waals surface area contributed by atoms with Crippen molar-refractivity contribution in [3.63, 3.8) is 0 Å². The summed E-state index contributed by atoms with van der Waals surface area (Å²) in [6.07, 6.45) is 0. The van der Waals surface area contributed by atoms with E-state index in [1.807, 2.05) is 41.7 Å². The van der Waals surface area contributed by atoms with E-state index in [1.54, 1.807) is 0 Å². The Morgan fingerprint density at radius 3 is 2.00 bits per heavy atom. The van der Waals surface area contributed by atoms with Crippen LogP contribution in [-0.2, 0) is 0 Å². The van der Waals surface area contributed by atoms with Gasteiger partial charge in [0.25, 0.3) is 0 Å². The Hall–Kier alpha value is -7.08. The lowest BCUT2D eigenvalue weighted by molar-refractivity contribution is 0.669. The van der Waals surface area contributed by atoms with E-state index in [0.717, 1.165) is 55.2 Å². The smallest absolute Gasteiger partial charge is 0.161 e. The van der Waals surface area contributed by atoms with E-state index in [9.17, 15) is 0 Å². The molecule has 0 bridgehead atoms. The highest BCUT2D eigenvalue weighted by atomic mass is 32.1. The van der Waals surface area contributed by atoms with Gasteiger partial charge in [-0.1, -0.05) is 115 Å². The number of aromatic nitrogens is 3. The van der Waals surface area contributed by atoms with Crippen molar-refractivity contribution in [2.24, 2.45) is 0 Å². The minimum atomic E-state index is 0.684. The molecule has 4 heterocycles. The van der Waals surface area contributed by atoms with Crippen molar-refractivity contribution >= 4 is 86.2 Å². The van der Waals surface area contributed by atoms with Crippen LogP contribution in [-0.4, -0.2) is 14.5 Å². The van der Waals surface area contributed by atoms with E-state index >= 15 is 0 Å². The molecular formula is C50H29N3OS. The zero-order chi connectivity index (χ0) is 36.0. The molecule has 0 aliphatic heterocycles. The van der Waals surface area contributed by atoms with Gasteiger partial charge in [0.2, 0.25) is 0 Å². The lowest BCUT2D eigenvalue weighted by atomic mass is 9.99. The molecule has 8 aromatic carbocycles. The van der Waals surface area contributed by atoms with Gasteiger partial charge in [-0.2, -0.15) is 0 Å². The van der Waals surface area contributed by atoms with E-state index < -0.39 is 0 Å². The molecule has 5 heteroatoms. The van der Waals surface area contributed by atoms with Gasteiger partial charge in [-0.15, -0.1) is 11.3 Å². The molecule has 4 nitrogen and oxygen atoms in total. The van der Waals surface area contributed by atoms with Gasteiger partial charge in [0.1, 0.15) is 11.2 Å². The summed E-state index contributed by atoms with van der Waals surface area (Å²) in [5.41, 5.74) is 11.4. The Morgan fingerprint density at radius 1 is 0.436 bits per heavy atom. The van der Waals surface area contributed by atoms with Gasteiger partial charge >= 0.3 is 0 Å². The Bertz CT molecular complexity index is 3450. The van der Waals surface area contributed by atoms with Crippen LogP contribution in [0.25, 0.3) is 114 Å². The number of hydrogen-bond acceptors (Lipinski definition) is 4. The number of furan rings is 1. The van der Waals surface area contributed by atoms with E-state index in [0.29, 0.717) is 5.82 Å². The second kappa shape index (κ2) is 11.7. The van der Waals surface area contributed by atoms with Crippen LogP contribution in [0.1, 0.15) is 0 Å². The number of nitrogens with zero attached hydrogens (tertiary/aromatic N) is 3. The summed E-state index contributed by atoms with van der Waals surface area (Å²) in [7, 11) is 0. The number of hydrogen-bond donors (Lipinski definition) is 0. The Kier molecular flexibility index (Phi) is 6.47. The topological polar surface area (TPSA) is 43.9 Å². The molecule has 0 atom stereocenters. The van der Waals surface area contributed by atoms with Gasteiger partial charge in [-0.05, 0) is 71.8 Å². The van der Waals surface area contributed by atoms with E-state index in [-0.39, 0.29) is 0 Å². The third kappa shape index (κ3) is 4.64. The highest BCUT2D eigenvalue weighted by molar-refractivity contribution is 7.25.